The normalized spacial score (nSPS) is 31.0. The fourth-order valence-corrected chi connectivity index (χ4v) is 1.66. The second kappa shape index (κ2) is 4.23. The lowest BCUT2D eigenvalue weighted by Crippen LogP contribution is -2.36. The number of nitrogens with zero attached hydrogens (tertiary/aromatic N) is 3. The molecule has 0 saturated carbocycles. The van der Waals surface area contributed by atoms with Crippen LogP contribution in [0.25, 0.3) is 0 Å². The summed E-state index contributed by atoms with van der Waals surface area (Å²) >= 11 is 0. The molecule has 0 unspecified atom stereocenters. The molecule has 1 aromatic rings. The number of hydrogen-bond acceptors (Lipinski definition) is 6. The second-order valence-corrected chi connectivity index (χ2v) is 3.66. The molecule has 1 aromatic heterocycles. The smallest absolute Gasteiger partial charge is 0.108 e. The zero-order chi connectivity index (χ0) is 10.8. The van der Waals surface area contributed by atoms with Gasteiger partial charge in [0.25, 0.3) is 0 Å². The van der Waals surface area contributed by atoms with E-state index in [1.165, 1.54) is 4.68 Å². The molecule has 3 atom stereocenters. The van der Waals surface area contributed by atoms with Gasteiger partial charge >= 0.3 is 0 Å². The van der Waals surface area contributed by atoms with Crippen LogP contribution >= 0.6 is 0 Å². The Balaban J connectivity index is 1.97. The molecule has 7 heteroatoms. The van der Waals surface area contributed by atoms with Crippen LogP contribution in [0, 0.1) is 0 Å². The lowest BCUT2D eigenvalue weighted by atomic mass is 10.1. The summed E-state index contributed by atoms with van der Waals surface area (Å²) < 4.78 is 1.53. The Labute approximate surface area is 86.3 Å². The summed E-state index contributed by atoms with van der Waals surface area (Å²) in [5.74, 6) is 0. The molecule has 4 N–H and O–H groups in total. The van der Waals surface area contributed by atoms with Gasteiger partial charge in [-0.15, -0.1) is 5.10 Å². The number of hydrogen-bond donors (Lipinski definition) is 4. The van der Waals surface area contributed by atoms with Crippen molar-refractivity contribution >= 4 is 0 Å². The Morgan fingerprint density at radius 1 is 1.53 bits per heavy atom. The van der Waals surface area contributed by atoms with Gasteiger partial charge in [0.1, 0.15) is 5.69 Å². The Hall–Kier alpha value is -1.02. The van der Waals surface area contributed by atoms with E-state index in [9.17, 15) is 10.2 Å². The van der Waals surface area contributed by atoms with Crippen LogP contribution in [0.4, 0.5) is 0 Å². The number of aromatic nitrogens is 3. The highest BCUT2D eigenvalue weighted by Gasteiger charge is 2.33. The molecule has 7 nitrogen and oxygen atoms in total. The molecule has 1 aliphatic heterocycles. The number of aliphatic hydroxyl groups is 3. The lowest BCUT2D eigenvalue weighted by molar-refractivity contribution is 0.0372. The molecular weight excluding hydrogens is 200 g/mol. The highest BCUT2D eigenvalue weighted by Crippen LogP contribution is 2.09. The van der Waals surface area contributed by atoms with Gasteiger partial charge in [0.05, 0.1) is 37.6 Å². The van der Waals surface area contributed by atoms with Crippen molar-refractivity contribution in [1.82, 2.24) is 20.3 Å². The fourth-order valence-electron chi connectivity index (χ4n) is 1.66. The van der Waals surface area contributed by atoms with Gasteiger partial charge in [-0.1, -0.05) is 5.21 Å². The zero-order valence-electron chi connectivity index (χ0n) is 8.11. The van der Waals surface area contributed by atoms with Crippen LogP contribution in [-0.4, -0.2) is 55.1 Å². The van der Waals surface area contributed by atoms with Gasteiger partial charge in [0.15, 0.2) is 0 Å². The van der Waals surface area contributed by atoms with Crippen molar-refractivity contribution in [2.24, 2.45) is 0 Å². The molecule has 0 bridgehead atoms. The largest absolute Gasteiger partial charge is 0.390 e. The maximum Gasteiger partial charge on any atom is 0.108 e. The van der Waals surface area contributed by atoms with Crippen LogP contribution < -0.4 is 5.32 Å². The third-order valence-corrected chi connectivity index (χ3v) is 2.53. The lowest BCUT2D eigenvalue weighted by Gasteiger charge is -2.15. The van der Waals surface area contributed by atoms with Crippen LogP contribution in [0.3, 0.4) is 0 Å². The summed E-state index contributed by atoms with van der Waals surface area (Å²) in [4.78, 5) is 0. The molecule has 0 spiro atoms. The average molecular weight is 214 g/mol. The minimum Gasteiger partial charge on any atom is -0.390 e. The first-order valence-electron chi connectivity index (χ1n) is 4.80. The van der Waals surface area contributed by atoms with Crippen molar-refractivity contribution in [2.75, 3.05) is 6.54 Å². The Bertz CT molecular complexity index is 329. The monoisotopic (exact) mass is 214 g/mol. The number of aliphatic hydroxyl groups excluding tert-OH is 3. The molecule has 15 heavy (non-hydrogen) atoms. The van der Waals surface area contributed by atoms with E-state index in [-0.39, 0.29) is 12.6 Å². The van der Waals surface area contributed by atoms with E-state index < -0.39 is 12.2 Å². The molecule has 1 fully saturated rings. The van der Waals surface area contributed by atoms with Gasteiger partial charge in [-0.2, -0.15) is 0 Å². The van der Waals surface area contributed by atoms with E-state index in [1.807, 2.05) is 0 Å². The first-order chi connectivity index (χ1) is 7.20. The number of nitrogens with one attached hydrogen (secondary N) is 1. The van der Waals surface area contributed by atoms with E-state index in [4.69, 9.17) is 5.11 Å². The van der Waals surface area contributed by atoms with E-state index in [0.29, 0.717) is 18.8 Å². The quantitative estimate of drug-likeness (QED) is 0.442. The van der Waals surface area contributed by atoms with Gasteiger partial charge in [-0.25, -0.2) is 0 Å². The standard InChI is InChI=1S/C8H14N4O3/c13-4-5-2-12(11-10-5)3-6-8(15)7(14)1-9-6/h2,6-9,13-15H,1,3-4H2/t6-,7+,8-/m0/s1. The van der Waals surface area contributed by atoms with Crippen LogP contribution in [0.5, 0.6) is 0 Å². The van der Waals surface area contributed by atoms with Gasteiger partial charge in [-0.05, 0) is 0 Å². The highest BCUT2D eigenvalue weighted by molar-refractivity contribution is 4.93. The third kappa shape index (κ3) is 2.15. The van der Waals surface area contributed by atoms with Crippen LogP contribution in [0.15, 0.2) is 6.20 Å². The van der Waals surface area contributed by atoms with Crippen LogP contribution in [-0.2, 0) is 13.2 Å². The molecular formula is C8H14N4O3. The van der Waals surface area contributed by atoms with E-state index >= 15 is 0 Å². The first kappa shape index (κ1) is 10.5. The maximum atomic E-state index is 9.56. The Morgan fingerprint density at radius 2 is 2.33 bits per heavy atom. The van der Waals surface area contributed by atoms with Crippen molar-refractivity contribution in [3.05, 3.63) is 11.9 Å². The van der Waals surface area contributed by atoms with Gasteiger partial charge in [-0.3, -0.25) is 4.68 Å². The second-order valence-electron chi connectivity index (χ2n) is 3.66. The molecule has 0 aromatic carbocycles. The first-order valence-corrected chi connectivity index (χ1v) is 4.80. The minimum absolute atomic E-state index is 0.150. The van der Waals surface area contributed by atoms with Crippen molar-refractivity contribution in [3.63, 3.8) is 0 Å². The summed E-state index contributed by atoms with van der Waals surface area (Å²) in [6.45, 7) is 0.655. The van der Waals surface area contributed by atoms with Crippen LogP contribution in [0.2, 0.25) is 0 Å². The predicted molar refractivity (Wildman–Crippen MR) is 49.7 cm³/mol. The Morgan fingerprint density at radius 3 is 2.87 bits per heavy atom. The predicted octanol–water partition coefficient (Wildman–Crippen LogP) is -2.54. The number of rotatable bonds is 3. The van der Waals surface area contributed by atoms with Crippen molar-refractivity contribution < 1.29 is 15.3 Å². The van der Waals surface area contributed by atoms with Crippen molar-refractivity contribution in [3.8, 4) is 0 Å². The van der Waals surface area contributed by atoms with Gasteiger partial charge in [0.2, 0.25) is 0 Å². The maximum absolute atomic E-state index is 9.56. The Kier molecular flexibility index (Phi) is 2.96. The molecule has 84 valence electrons. The van der Waals surface area contributed by atoms with Crippen molar-refractivity contribution in [2.45, 2.75) is 31.4 Å². The van der Waals surface area contributed by atoms with Gasteiger partial charge < -0.3 is 20.6 Å². The van der Waals surface area contributed by atoms with Gasteiger partial charge in [0, 0.05) is 6.54 Å². The molecule has 0 aliphatic carbocycles. The zero-order valence-corrected chi connectivity index (χ0v) is 8.11. The van der Waals surface area contributed by atoms with E-state index in [2.05, 4.69) is 15.6 Å². The van der Waals surface area contributed by atoms with Crippen LogP contribution in [0.1, 0.15) is 5.69 Å². The summed E-state index contributed by atoms with van der Waals surface area (Å²) in [5.41, 5.74) is 0.489. The topological polar surface area (TPSA) is 103 Å². The number of β-amino-alcohol motifs (C(OH)–C–C–N with tert-alkyl or cyclic N) is 1. The fraction of sp³-hybridized carbons (Fsp3) is 0.750. The summed E-state index contributed by atoms with van der Waals surface area (Å²) in [5, 5.41) is 38.1. The summed E-state index contributed by atoms with van der Waals surface area (Å²) in [6.07, 6.45) is 0.0987. The van der Waals surface area contributed by atoms with E-state index in [0.717, 1.165) is 0 Å². The molecule has 0 radical (unpaired) electrons. The molecule has 0 amide bonds. The van der Waals surface area contributed by atoms with E-state index in [1.54, 1.807) is 6.20 Å². The molecule has 1 saturated heterocycles. The minimum atomic E-state index is -0.785. The third-order valence-electron chi connectivity index (χ3n) is 2.53. The molecule has 2 rings (SSSR count). The summed E-state index contributed by atoms with van der Waals surface area (Å²) in [7, 11) is 0. The van der Waals surface area contributed by atoms with Crippen molar-refractivity contribution in [1.29, 1.82) is 0 Å². The molecule has 2 heterocycles. The molecule has 1 aliphatic rings. The average Bonchev–Trinajstić information content (AvgIpc) is 2.80. The SMILES string of the molecule is OCc1cn(C[C@@H]2NC[C@@H](O)[C@H]2O)nn1. The summed E-state index contributed by atoms with van der Waals surface area (Å²) in [6, 6.07) is -0.228. The highest BCUT2D eigenvalue weighted by atomic mass is 16.3.